The third-order valence-corrected chi connectivity index (χ3v) is 3.94. The van der Waals surface area contributed by atoms with Crippen molar-refractivity contribution in [1.82, 2.24) is 9.97 Å². The SMILES string of the molecule is CNc1nc(NCc2ccc(C)cc2)c2ccsc2n1. The number of thiophene rings is 1. The molecular weight excluding hydrogens is 268 g/mol. The van der Waals surface area contributed by atoms with Gasteiger partial charge in [-0.05, 0) is 23.9 Å². The standard InChI is InChI=1S/C15H16N4S/c1-10-3-5-11(6-4-10)9-17-13-12-7-8-20-14(12)19-15(16-2)18-13/h3-8H,9H2,1-2H3,(H2,16,17,18,19). The third kappa shape index (κ3) is 2.58. The average molecular weight is 284 g/mol. The van der Waals surface area contributed by atoms with Gasteiger partial charge in [-0.3, -0.25) is 0 Å². The van der Waals surface area contributed by atoms with Gasteiger partial charge in [-0.25, -0.2) is 4.98 Å². The summed E-state index contributed by atoms with van der Waals surface area (Å²) < 4.78 is 0. The maximum Gasteiger partial charge on any atom is 0.225 e. The predicted octanol–water partition coefficient (Wildman–Crippen LogP) is 3.65. The molecule has 2 heterocycles. The number of nitrogens with zero attached hydrogens (tertiary/aromatic N) is 2. The number of rotatable bonds is 4. The van der Waals surface area contributed by atoms with Crippen LogP contribution in [-0.2, 0) is 6.54 Å². The normalized spacial score (nSPS) is 10.7. The fraction of sp³-hybridized carbons (Fsp3) is 0.200. The van der Waals surface area contributed by atoms with Gasteiger partial charge < -0.3 is 10.6 Å². The van der Waals surface area contributed by atoms with Crippen LogP contribution in [0.25, 0.3) is 10.2 Å². The number of aromatic nitrogens is 2. The van der Waals surface area contributed by atoms with Crippen molar-refractivity contribution in [1.29, 1.82) is 0 Å². The second-order valence-electron chi connectivity index (χ2n) is 4.62. The zero-order valence-electron chi connectivity index (χ0n) is 11.5. The molecule has 0 aliphatic rings. The van der Waals surface area contributed by atoms with Crippen LogP contribution in [0, 0.1) is 6.92 Å². The van der Waals surface area contributed by atoms with Crippen molar-refractivity contribution >= 4 is 33.3 Å². The van der Waals surface area contributed by atoms with Crippen molar-refractivity contribution < 1.29 is 0 Å². The van der Waals surface area contributed by atoms with Gasteiger partial charge in [0.05, 0.1) is 5.39 Å². The molecule has 0 saturated carbocycles. The molecule has 3 aromatic rings. The van der Waals surface area contributed by atoms with Gasteiger partial charge in [0.25, 0.3) is 0 Å². The Kier molecular flexibility index (Phi) is 3.52. The van der Waals surface area contributed by atoms with E-state index in [2.05, 4.69) is 57.9 Å². The van der Waals surface area contributed by atoms with Crippen molar-refractivity contribution in [2.75, 3.05) is 17.7 Å². The van der Waals surface area contributed by atoms with Gasteiger partial charge in [0.1, 0.15) is 10.6 Å². The van der Waals surface area contributed by atoms with Crippen LogP contribution in [-0.4, -0.2) is 17.0 Å². The first-order valence-electron chi connectivity index (χ1n) is 6.48. The van der Waals surface area contributed by atoms with Gasteiger partial charge in [0.2, 0.25) is 5.95 Å². The smallest absolute Gasteiger partial charge is 0.225 e. The van der Waals surface area contributed by atoms with Crippen LogP contribution in [0.2, 0.25) is 0 Å². The molecule has 0 fully saturated rings. The van der Waals surface area contributed by atoms with Gasteiger partial charge in [-0.15, -0.1) is 11.3 Å². The van der Waals surface area contributed by atoms with Gasteiger partial charge in [-0.2, -0.15) is 4.98 Å². The molecule has 0 amide bonds. The Balaban J connectivity index is 1.86. The first kappa shape index (κ1) is 12.9. The molecule has 0 spiro atoms. The third-order valence-electron chi connectivity index (χ3n) is 3.13. The quantitative estimate of drug-likeness (QED) is 0.767. The zero-order valence-corrected chi connectivity index (χ0v) is 12.3. The second-order valence-corrected chi connectivity index (χ2v) is 5.52. The van der Waals surface area contributed by atoms with Crippen molar-refractivity contribution in [3.8, 4) is 0 Å². The topological polar surface area (TPSA) is 49.8 Å². The number of anilines is 2. The predicted molar refractivity (Wildman–Crippen MR) is 85.5 cm³/mol. The van der Waals surface area contributed by atoms with Gasteiger partial charge in [0, 0.05) is 13.6 Å². The summed E-state index contributed by atoms with van der Waals surface area (Å²) >= 11 is 1.62. The maximum absolute atomic E-state index is 4.50. The molecular formula is C15H16N4S. The molecule has 0 atom stereocenters. The van der Waals surface area contributed by atoms with Crippen LogP contribution in [0.4, 0.5) is 11.8 Å². The Hall–Kier alpha value is -2.14. The summed E-state index contributed by atoms with van der Waals surface area (Å²) in [7, 11) is 1.83. The fourth-order valence-corrected chi connectivity index (χ4v) is 2.76. The second kappa shape index (κ2) is 5.46. The summed E-state index contributed by atoms with van der Waals surface area (Å²) in [5.74, 6) is 1.52. The molecule has 5 heteroatoms. The van der Waals surface area contributed by atoms with E-state index in [4.69, 9.17) is 0 Å². The Morgan fingerprint density at radius 3 is 2.65 bits per heavy atom. The molecule has 0 radical (unpaired) electrons. The number of hydrogen-bond donors (Lipinski definition) is 2. The lowest BCUT2D eigenvalue weighted by atomic mass is 10.1. The summed E-state index contributed by atoms with van der Waals surface area (Å²) in [4.78, 5) is 9.93. The molecule has 0 aliphatic carbocycles. The Labute approximate surface area is 121 Å². The molecule has 0 unspecified atom stereocenters. The van der Waals surface area contributed by atoms with Crippen LogP contribution in [0.5, 0.6) is 0 Å². The van der Waals surface area contributed by atoms with Gasteiger partial charge >= 0.3 is 0 Å². The number of benzene rings is 1. The summed E-state index contributed by atoms with van der Waals surface area (Å²) in [6.45, 7) is 2.85. The van der Waals surface area contributed by atoms with E-state index >= 15 is 0 Å². The highest BCUT2D eigenvalue weighted by atomic mass is 32.1. The molecule has 2 aromatic heterocycles. The Morgan fingerprint density at radius 2 is 1.90 bits per heavy atom. The first-order chi connectivity index (χ1) is 9.76. The lowest BCUT2D eigenvalue weighted by molar-refractivity contribution is 1.10. The molecule has 0 aliphatic heterocycles. The molecule has 1 aromatic carbocycles. The van der Waals surface area contributed by atoms with Crippen molar-refractivity contribution in [2.45, 2.75) is 13.5 Å². The van der Waals surface area contributed by atoms with Crippen molar-refractivity contribution in [2.24, 2.45) is 0 Å². The lowest BCUT2D eigenvalue weighted by Gasteiger charge is -2.09. The summed E-state index contributed by atoms with van der Waals surface area (Å²) in [6, 6.07) is 10.6. The number of nitrogens with one attached hydrogen (secondary N) is 2. The minimum Gasteiger partial charge on any atom is -0.365 e. The highest BCUT2D eigenvalue weighted by Crippen LogP contribution is 2.26. The maximum atomic E-state index is 4.50. The first-order valence-corrected chi connectivity index (χ1v) is 7.36. The molecule has 102 valence electrons. The largest absolute Gasteiger partial charge is 0.365 e. The zero-order chi connectivity index (χ0) is 13.9. The average Bonchev–Trinajstić information content (AvgIpc) is 2.94. The summed E-state index contributed by atoms with van der Waals surface area (Å²) in [5.41, 5.74) is 2.51. The number of aryl methyl sites for hydroxylation is 1. The van der Waals surface area contributed by atoms with Crippen LogP contribution < -0.4 is 10.6 Å². The monoisotopic (exact) mass is 284 g/mol. The summed E-state index contributed by atoms with van der Waals surface area (Å²) in [6.07, 6.45) is 0. The van der Waals surface area contributed by atoms with Crippen LogP contribution in [0.1, 0.15) is 11.1 Å². The highest BCUT2D eigenvalue weighted by Gasteiger charge is 2.07. The van der Waals surface area contributed by atoms with Gasteiger partial charge in [0.15, 0.2) is 0 Å². The Morgan fingerprint density at radius 1 is 1.10 bits per heavy atom. The van der Waals surface area contributed by atoms with Crippen molar-refractivity contribution in [3.05, 3.63) is 46.8 Å². The van der Waals surface area contributed by atoms with E-state index in [-0.39, 0.29) is 0 Å². The summed E-state index contributed by atoms with van der Waals surface area (Å²) in [5, 5.41) is 9.51. The molecule has 4 nitrogen and oxygen atoms in total. The van der Waals surface area contributed by atoms with E-state index in [1.54, 1.807) is 11.3 Å². The molecule has 0 saturated heterocycles. The van der Waals surface area contributed by atoms with E-state index in [1.807, 2.05) is 12.4 Å². The van der Waals surface area contributed by atoms with E-state index < -0.39 is 0 Å². The van der Waals surface area contributed by atoms with Crippen molar-refractivity contribution in [3.63, 3.8) is 0 Å². The van der Waals surface area contributed by atoms with Gasteiger partial charge in [-0.1, -0.05) is 29.8 Å². The minimum absolute atomic E-state index is 0.645. The van der Waals surface area contributed by atoms with Crippen LogP contribution in [0.3, 0.4) is 0 Å². The number of hydrogen-bond acceptors (Lipinski definition) is 5. The van der Waals surface area contributed by atoms with E-state index in [0.717, 1.165) is 22.6 Å². The van der Waals surface area contributed by atoms with Crippen LogP contribution >= 0.6 is 11.3 Å². The molecule has 2 N–H and O–H groups in total. The van der Waals surface area contributed by atoms with E-state index in [1.165, 1.54) is 11.1 Å². The van der Waals surface area contributed by atoms with E-state index in [9.17, 15) is 0 Å². The number of fused-ring (bicyclic) bond motifs is 1. The minimum atomic E-state index is 0.645. The van der Waals surface area contributed by atoms with E-state index in [0.29, 0.717) is 5.95 Å². The highest BCUT2D eigenvalue weighted by molar-refractivity contribution is 7.16. The molecule has 3 rings (SSSR count). The lowest BCUT2D eigenvalue weighted by Crippen LogP contribution is -2.04. The van der Waals surface area contributed by atoms with Crippen LogP contribution in [0.15, 0.2) is 35.7 Å². The fourth-order valence-electron chi connectivity index (χ4n) is 1.99. The molecule has 20 heavy (non-hydrogen) atoms. The Bertz CT molecular complexity index is 718. The molecule has 0 bridgehead atoms.